The number of rotatable bonds is 2. The maximum atomic E-state index is 13.4. The number of fused-ring (bicyclic) bond motifs is 1. The Kier molecular flexibility index (Phi) is 3.15. The number of imidazole rings is 1. The lowest BCUT2D eigenvalue weighted by molar-refractivity contribution is 0.614. The summed E-state index contributed by atoms with van der Waals surface area (Å²) in [4.78, 5) is 8.44. The Hall–Kier alpha value is -2.74. The fourth-order valence-corrected chi connectivity index (χ4v) is 2.43. The van der Waals surface area contributed by atoms with Gasteiger partial charge in [-0.1, -0.05) is 0 Å². The first-order chi connectivity index (χ1) is 10.1. The van der Waals surface area contributed by atoms with Gasteiger partial charge in [-0.2, -0.15) is 5.26 Å². The Bertz CT molecular complexity index is 858. The maximum Gasteiger partial charge on any atom is 0.143 e. The van der Waals surface area contributed by atoms with Crippen molar-refractivity contribution < 1.29 is 4.39 Å². The third-order valence-electron chi connectivity index (χ3n) is 3.30. The lowest BCUT2D eigenvalue weighted by Crippen LogP contribution is -2.03. The summed E-state index contributed by atoms with van der Waals surface area (Å²) >= 11 is 0. The summed E-state index contributed by atoms with van der Waals surface area (Å²) < 4.78 is 15.4. The standard InChI is InChI=1S/C16H13FN4/c1-10(2)21-15-4-3-11(7-18)5-14(15)20-16(21)12-6-13(17)9-19-8-12/h3-6,8-10H,1-2H3. The fraction of sp³-hybridized carbons (Fsp3) is 0.188. The number of halogens is 1. The van der Waals surface area contributed by atoms with Gasteiger partial charge in [0.25, 0.3) is 0 Å². The van der Waals surface area contributed by atoms with E-state index in [1.54, 1.807) is 18.3 Å². The summed E-state index contributed by atoms with van der Waals surface area (Å²) in [5.41, 5.74) is 2.82. The van der Waals surface area contributed by atoms with Crippen molar-refractivity contribution in [2.24, 2.45) is 0 Å². The van der Waals surface area contributed by atoms with Gasteiger partial charge in [-0.25, -0.2) is 9.37 Å². The van der Waals surface area contributed by atoms with E-state index in [1.165, 1.54) is 12.3 Å². The number of hydrogen-bond acceptors (Lipinski definition) is 3. The van der Waals surface area contributed by atoms with Crippen LogP contribution >= 0.6 is 0 Å². The molecule has 3 rings (SSSR count). The quantitative estimate of drug-likeness (QED) is 0.719. The molecule has 0 aliphatic rings. The second-order valence-corrected chi connectivity index (χ2v) is 5.11. The van der Waals surface area contributed by atoms with E-state index in [1.807, 2.05) is 24.5 Å². The lowest BCUT2D eigenvalue weighted by Gasteiger charge is -2.12. The third-order valence-corrected chi connectivity index (χ3v) is 3.30. The molecule has 104 valence electrons. The Labute approximate surface area is 121 Å². The molecule has 5 heteroatoms. The Morgan fingerprint density at radius 3 is 2.71 bits per heavy atom. The van der Waals surface area contributed by atoms with Gasteiger partial charge in [0.05, 0.1) is 28.9 Å². The minimum atomic E-state index is -0.396. The number of nitrogens with zero attached hydrogens (tertiary/aromatic N) is 4. The molecule has 0 atom stereocenters. The van der Waals surface area contributed by atoms with Gasteiger partial charge in [-0.15, -0.1) is 0 Å². The zero-order chi connectivity index (χ0) is 15.0. The Morgan fingerprint density at radius 2 is 2.05 bits per heavy atom. The first-order valence-electron chi connectivity index (χ1n) is 6.63. The van der Waals surface area contributed by atoms with Gasteiger partial charge in [0, 0.05) is 17.8 Å². The molecule has 2 heterocycles. The number of benzene rings is 1. The molecule has 0 saturated carbocycles. The molecule has 0 N–H and O–H groups in total. The third kappa shape index (κ3) is 2.25. The lowest BCUT2D eigenvalue weighted by atomic mass is 10.2. The van der Waals surface area contributed by atoms with Crippen molar-refractivity contribution in [2.45, 2.75) is 19.9 Å². The van der Waals surface area contributed by atoms with Crippen molar-refractivity contribution in [3.8, 4) is 17.5 Å². The van der Waals surface area contributed by atoms with Gasteiger partial charge in [0.2, 0.25) is 0 Å². The van der Waals surface area contributed by atoms with Crippen molar-refractivity contribution in [1.82, 2.24) is 14.5 Å². The van der Waals surface area contributed by atoms with Crippen molar-refractivity contribution >= 4 is 11.0 Å². The maximum absolute atomic E-state index is 13.4. The first-order valence-corrected chi connectivity index (χ1v) is 6.63. The van der Waals surface area contributed by atoms with E-state index < -0.39 is 5.82 Å². The second kappa shape index (κ2) is 4.98. The van der Waals surface area contributed by atoms with E-state index in [0.29, 0.717) is 17.0 Å². The van der Waals surface area contributed by atoms with E-state index in [2.05, 4.69) is 16.0 Å². The molecule has 2 aromatic heterocycles. The van der Waals surface area contributed by atoms with E-state index in [9.17, 15) is 4.39 Å². The van der Waals surface area contributed by atoms with Crippen molar-refractivity contribution in [3.63, 3.8) is 0 Å². The molecule has 0 saturated heterocycles. The highest BCUT2D eigenvalue weighted by Gasteiger charge is 2.16. The highest BCUT2D eigenvalue weighted by Crippen LogP contribution is 2.28. The number of pyridine rings is 1. The largest absolute Gasteiger partial charge is 0.321 e. The van der Waals surface area contributed by atoms with Gasteiger partial charge < -0.3 is 4.57 Å². The van der Waals surface area contributed by atoms with Crippen LogP contribution in [0.5, 0.6) is 0 Å². The molecule has 4 nitrogen and oxygen atoms in total. The topological polar surface area (TPSA) is 54.5 Å². The van der Waals surface area contributed by atoms with E-state index >= 15 is 0 Å². The Morgan fingerprint density at radius 1 is 1.24 bits per heavy atom. The van der Waals surface area contributed by atoms with Crippen molar-refractivity contribution in [1.29, 1.82) is 5.26 Å². The van der Waals surface area contributed by atoms with Gasteiger partial charge in [-0.05, 0) is 38.1 Å². The van der Waals surface area contributed by atoms with Crippen LogP contribution in [0.3, 0.4) is 0 Å². The molecule has 0 radical (unpaired) electrons. The zero-order valence-corrected chi connectivity index (χ0v) is 11.7. The minimum absolute atomic E-state index is 0.154. The van der Waals surface area contributed by atoms with Gasteiger partial charge in [0.1, 0.15) is 11.6 Å². The monoisotopic (exact) mass is 280 g/mol. The average molecular weight is 280 g/mol. The summed E-state index contributed by atoms with van der Waals surface area (Å²) in [6.07, 6.45) is 2.76. The van der Waals surface area contributed by atoms with Crippen LogP contribution in [0.2, 0.25) is 0 Å². The van der Waals surface area contributed by atoms with E-state index in [-0.39, 0.29) is 6.04 Å². The predicted molar refractivity (Wildman–Crippen MR) is 78.0 cm³/mol. The summed E-state index contributed by atoms with van der Waals surface area (Å²) in [5, 5.41) is 8.99. The number of nitriles is 1. The second-order valence-electron chi connectivity index (χ2n) is 5.11. The van der Waals surface area contributed by atoms with Gasteiger partial charge in [0.15, 0.2) is 0 Å². The molecule has 1 aromatic carbocycles. The van der Waals surface area contributed by atoms with E-state index in [4.69, 9.17) is 5.26 Å². The number of aromatic nitrogens is 3. The first kappa shape index (κ1) is 13.3. The molecule has 21 heavy (non-hydrogen) atoms. The molecule has 0 bridgehead atoms. The van der Waals surface area contributed by atoms with Crippen LogP contribution in [-0.2, 0) is 0 Å². The number of hydrogen-bond donors (Lipinski definition) is 0. The summed E-state index contributed by atoms with van der Waals surface area (Å²) in [6, 6.07) is 9.05. The highest BCUT2D eigenvalue weighted by molar-refractivity contribution is 5.82. The van der Waals surface area contributed by atoms with Crippen LogP contribution in [-0.4, -0.2) is 14.5 Å². The molecule has 0 aliphatic heterocycles. The van der Waals surface area contributed by atoms with E-state index in [0.717, 1.165) is 11.0 Å². The van der Waals surface area contributed by atoms with Crippen LogP contribution < -0.4 is 0 Å². The summed E-state index contributed by atoms with van der Waals surface area (Å²) in [5.74, 6) is 0.259. The van der Waals surface area contributed by atoms with Crippen LogP contribution in [0.15, 0.2) is 36.7 Å². The molecular formula is C16H13FN4. The summed E-state index contributed by atoms with van der Waals surface area (Å²) in [7, 11) is 0. The smallest absolute Gasteiger partial charge is 0.143 e. The fourth-order valence-electron chi connectivity index (χ4n) is 2.43. The average Bonchev–Trinajstić information content (AvgIpc) is 2.85. The normalized spacial score (nSPS) is 11.0. The van der Waals surface area contributed by atoms with Gasteiger partial charge >= 0.3 is 0 Å². The van der Waals surface area contributed by atoms with Crippen LogP contribution in [0, 0.1) is 17.1 Å². The van der Waals surface area contributed by atoms with Crippen LogP contribution in [0.4, 0.5) is 4.39 Å². The molecule has 0 spiro atoms. The minimum Gasteiger partial charge on any atom is -0.321 e. The van der Waals surface area contributed by atoms with Crippen LogP contribution in [0.25, 0.3) is 22.4 Å². The van der Waals surface area contributed by atoms with Crippen molar-refractivity contribution in [3.05, 3.63) is 48.0 Å². The SMILES string of the molecule is CC(C)n1c(-c2cncc(F)c2)nc2cc(C#N)ccc21. The van der Waals surface area contributed by atoms with Gasteiger partial charge in [-0.3, -0.25) is 4.98 Å². The van der Waals surface area contributed by atoms with Crippen LogP contribution in [0.1, 0.15) is 25.5 Å². The molecule has 3 aromatic rings. The van der Waals surface area contributed by atoms with Crippen molar-refractivity contribution in [2.75, 3.05) is 0 Å². The molecule has 0 fully saturated rings. The molecule has 0 unspecified atom stereocenters. The summed E-state index contributed by atoms with van der Waals surface area (Å²) in [6.45, 7) is 4.07. The highest BCUT2D eigenvalue weighted by atomic mass is 19.1. The molecule has 0 aliphatic carbocycles. The molecular weight excluding hydrogens is 267 g/mol. The zero-order valence-electron chi connectivity index (χ0n) is 11.7. The molecule has 0 amide bonds. The predicted octanol–water partition coefficient (Wildman–Crippen LogP) is 3.69. The Balaban J connectivity index is 2.31.